The Morgan fingerprint density at radius 2 is 1.82 bits per heavy atom. The van der Waals surface area contributed by atoms with Crippen molar-refractivity contribution in [1.82, 2.24) is 15.3 Å². The van der Waals surface area contributed by atoms with Gasteiger partial charge in [-0.25, -0.2) is 4.99 Å². The molecule has 1 aliphatic rings. The number of benzene rings is 2. The van der Waals surface area contributed by atoms with Crippen molar-refractivity contribution in [3.05, 3.63) is 70.9 Å². The van der Waals surface area contributed by atoms with Gasteiger partial charge in [-0.15, -0.1) is 0 Å². The maximum atomic E-state index is 12.9. The second-order valence-electron chi connectivity index (χ2n) is 5.84. The van der Waals surface area contributed by atoms with Crippen LogP contribution in [0.5, 0.6) is 0 Å². The number of amides is 1. The number of hydrogen-bond donors (Lipinski definition) is 1. The summed E-state index contributed by atoms with van der Waals surface area (Å²) in [5.74, 6) is 0.202. The van der Waals surface area contributed by atoms with Gasteiger partial charge in [0.1, 0.15) is 5.84 Å². The number of hydrogen-bond acceptors (Lipinski definition) is 5. The number of amidine groups is 1. The summed E-state index contributed by atoms with van der Waals surface area (Å²) >= 11 is 0.925. The first-order chi connectivity index (χ1) is 13.4. The number of fused-ring (bicyclic) bond motifs is 1. The van der Waals surface area contributed by atoms with Crippen molar-refractivity contribution in [2.45, 2.75) is 6.18 Å². The molecule has 5 nitrogen and oxygen atoms in total. The Labute approximate surface area is 161 Å². The molecule has 1 aliphatic heterocycles. The lowest BCUT2D eigenvalue weighted by Crippen LogP contribution is -2.18. The Morgan fingerprint density at radius 1 is 1.04 bits per heavy atom. The molecule has 1 fully saturated rings. The number of carbonyl (C=O) groups is 1. The van der Waals surface area contributed by atoms with Crippen LogP contribution in [0.4, 0.5) is 23.7 Å². The highest BCUT2D eigenvalue weighted by Gasteiger charge is 2.30. The van der Waals surface area contributed by atoms with E-state index in [0.29, 0.717) is 10.4 Å². The summed E-state index contributed by atoms with van der Waals surface area (Å²) in [6.07, 6.45) is 0.433. The molecule has 9 heteroatoms. The number of nitrogens with one attached hydrogen (secondary N) is 1. The molecule has 0 atom stereocenters. The van der Waals surface area contributed by atoms with Crippen LogP contribution in [0.3, 0.4) is 0 Å². The quantitative estimate of drug-likeness (QED) is 0.644. The van der Waals surface area contributed by atoms with Crippen LogP contribution in [-0.4, -0.2) is 21.0 Å². The molecule has 0 saturated carbocycles. The average molecular weight is 400 g/mol. The number of alkyl halides is 3. The lowest BCUT2D eigenvalue weighted by Gasteiger charge is -2.07. The monoisotopic (exact) mass is 400 g/mol. The molecule has 0 aliphatic carbocycles. The standard InChI is InChI=1S/C19H11F3N4OS/c20-19(21,22)12-2-1-3-13(10-12)25-17-16(28-18(27)26-17)9-11-4-5-14-15(8-11)24-7-6-23-14/h1-10H,(H,25,26,27). The van der Waals surface area contributed by atoms with Crippen molar-refractivity contribution in [2.24, 2.45) is 4.99 Å². The molecule has 1 N–H and O–H groups in total. The summed E-state index contributed by atoms with van der Waals surface area (Å²) in [6.45, 7) is 0. The first kappa shape index (κ1) is 18.2. The van der Waals surface area contributed by atoms with E-state index in [1.807, 2.05) is 6.07 Å². The van der Waals surface area contributed by atoms with Crippen molar-refractivity contribution in [3.63, 3.8) is 0 Å². The lowest BCUT2D eigenvalue weighted by atomic mass is 10.1. The normalized spacial score (nSPS) is 17.5. The van der Waals surface area contributed by atoms with E-state index in [4.69, 9.17) is 0 Å². The molecule has 2 aromatic carbocycles. The van der Waals surface area contributed by atoms with Crippen LogP contribution in [0.25, 0.3) is 17.1 Å². The van der Waals surface area contributed by atoms with Gasteiger partial charge < -0.3 is 5.32 Å². The number of aliphatic imine (C=N–C) groups is 1. The van der Waals surface area contributed by atoms with Gasteiger partial charge in [0.2, 0.25) is 0 Å². The molecule has 1 saturated heterocycles. The van der Waals surface area contributed by atoms with Gasteiger partial charge in [-0.3, -0.25) is 14.8 Å². The van der Waals surface area contributed by atoms with E-state index in [2.05, 4.69) is 20.3 Å². The molecular formula is C19H11F3N4OS. The Hall–Kier alpha value is -3.20. The zero-order valence-electron chi connectivity index (χ0n) is 14.1. The van der Waals surface area contributed by atoms with Crippen LogP contribution < -0.4 is 5.32 Å². The first-order valence-electron chi connectivity index (χ1n) is 8.06. The molecular weight excluding hydrogens is 389 g/mol. The van der Waals surface area contributed by atoms with Gasteiger partial charge in [0.25, 0.3) is 5.24 Å². The molecule has 0 radical (unpaired) electrons. The fraction of sp³-hybridized carbons (Fsp3) is 0.0526. The first-order valence-corrected chi connectivity index (χ1v) is 8.88. The topological polar surface area (TPSA) is 67.2 Å². The number of nitrogens with zero attached hydrogens (tertiary/aromatic N) is 3. The van der Waals surface area contributed by atoms with Crippen LogP contribution in [0.2, 0.25) is 0 Å². The van der Waals surface area contributed by atoms with Crippen LogP contribution in [0.1, 0.15) is 11.1 Å². The van der Waals surface area contributed by atoms with Gasteiger partial charge in [0.05, 0.1) is 27.2 Å². The van der Waals surface area contributed by atoms with E-state index >= 15 is 0 Å². The summed E-state index contributed by atoms with van der Waals surface area (Å²) < 4.78 is 38.7. The number of thioether (sulfide) groups is 1. The number of carbonyl (C=O) groups excluding carboxylic acids is 1. The predicted octanol–water partition coefficient (Wildman–Crippen LogP) is 5.18. The molecule has 0 unspecified atom stereocenters. The van der Waals surface area contributed by atoms with Crippen LogP contribution >= 0.6 is 11.8 Å². The van der Waals surface area contributed by atoms with E-state index < -0.39 is 11.7 Å². The summed E-state index contributed by atoms with van der Waals surface area (Å²) in [4.78, 5) is 24.9. The number of aromatic nitrogens is 2. The second kappa shape index (κ2) is 7.08. The third kappa shape index (κ3) is 3.89. The zero-order valence-corrected chi connectivity index (χ0v) is 14.9. The Kier molecular flexibility index (Phi) is 4.60. The molecule has 28 heavy (non-hydrogen) atoms. The SMILES string of the molecule is O=C1NC(=Nc2cccc(C(F)(F)F)c2)C(=Cc2ccc3nccnc3c2)S1. The van der Waals surface area contributed by atoms with E-state index in [1.54, 1.807) is 30.6 Å². The van der Waals surface area contributed by atoms with Crippen molar-refractivity contribution >= 4 is 45.6 Å². The molecule has 140 valence electrons. The largest absolute Gasteiger partial charge is 0.416 e. The van der Waals surface area contributed by atoms with Crippen LogP contribution in [-0.2, 0) is 6.18 Å². The third-order valence-corrected chi connectivity index (χ3v) is 4.68. The van der Waals surface area contributed by atoms with E-state index in [-0.39, 0.29) is 16.8 Å². The average Bonchev–Trinajstić information content (AvgIpc) is 3.00. The number of halogens is 3. The minimum Gasteiger partial charge on any atom is -0.300 e. The fourth-order valence-electron chi connectivity index (χ4n) is 2.62. The zero-order chi connectivity index (χ0) is 19.7. The maximum absolute atomic E-state index is 12.9. The van der Waals surface area contributed by atoms with Crippen molar-refractivity contribution in [1.29, 1.82) is 0 Å². The minimum absolute atomic E-state index is 0.0999. The predicted molar refractivity (Wildman–Crippen MR) is 102 cm³/mol. The highest BCUT2D eigenvalue weighted by atomic mass is 32.2. The van der Waals surface area contributed by atoms with Gasteiger partial charge in [0.15, 0.2) is 0 Å². The summed E-state index contributed by atoms with van der Waals surface area (Å²) in [5, 5.41) is 2.22. The van der Waals surface area contributed by atoms with Gasteiger partial charge in [-0.1, -0.05) is 12.1 Å². The lowest BCUT2D eigenvalue weighted by molar-refractivity contribution is -0.137. The minimum atomic E-state index is -4.46. The Morgan fingerprint density at radius 3 is 2.61 bits per heavy atom. The summed E-state index contributed by atoms with van der Waals surface area (Å²) in [7, 11) is 0. The molecule has 0 bridgehead atoms. The Balaban J connectivity index is 1.71. The van der Waals surface area contributed by atoms with Gasteiger partial charge in [-0.05, 0) is 53.7 Å². The fourth-order valence-corrected chi connectivity index (χ4v) is 3.35. The maximum Gasteiger partial charge on any atom is 0.416 e. The number of rotatable bonds is 2. The smallest absolute Gasteiger partial charge is 0.300 e. The summed E-state index contributed by atoms with van der Waals surface area (Å²) in [6, 6.07) is 10.0. The molecule has 4 rings (SSSR count). The van der Waals surface area contributed by atoms with Crippen LogP contribution in [0, 0.1) is 0 Å². The third-order valence-electron chi connectivity index (χ3n) is 3.86. The highest BCUT2D eigenvalue weighted by Crippen LogP contribution is 2.33. The van der Waals surface area contributed by atoms with Crippen molar-refractivity contribution < 1.29 is 18.0 Å². The van der Waals surface area contributed by atoms with Crippen molar-refractivity contribution in [3.8, 4) is 0 Å². The van der Waals surface area contributed by atoms with Crippen molar-refractivity contribution in [2.75, 3.05) is 0 Å². The van der Waals surface area contributed by atoms with Gasteiger partial charge in [-0.2, -0.15) is 13.2 Å². The van der Waals surface area contributed by atoms with E-state index in [1.165, 1.54) is 12.1 Å². The second-order valence-corrected chi connectivity index (χ2v) is 6.85. The van der Waals surface area contributed by atoms with Gasteiger partial charge in [0, 0.05) is 12.4 Å². The molecule has 0 spiro atoms. The van der Waals surface area contributed by atoms with Gasteiger partial charge >= 0.3 is 6.18 Å². The summed E-state index contributed by atoms with van der Waals surface area (Å²) in [5.41, 5.74) is 1.49. The Bertz CT molecular complexity index is 1140. The molecule has 3 aromatic rings. The van der Waals surface area contributed by atoms with E-state index in [0.717, 1.165) is 35.0 Å². The highest BCUT2D eigenvalue weighted by molar-refractivity contribution is 8.18. The van der Waals surface area contributed by atoms with Crippen LogP contribution in [0.15, 0.2) is 64.8 Å². The molecule has 2 heterocycles. The van der Waals surface area contributed by atoms with E-state index in [9.17, 15) is 18.0 Å². The molecule has 1 amide bonds. The molecule has 1 aromatic heterocycles.